The summed E-state index contributed by atoms with van der Waals surface area (Å²) < 4.78 is 0. The number of aromatic nitrogens is 1. The van der Waals surface area contributed by atoms with Crippen LogP contribution in [-0.4, -0.2) is 59.7 Å². The SMILES string of the molecule is CCNC(=NCC(O)c1ccncc1)NCCCN1CCCCC1C. The van der Waals surface area contributed by atoms with Crippen LogP contribution in [0.2, 0.25) is 0 Å². The summed E-state index contributed by atoms with van der Waals surface area (Å²) >= 11 is 0. The van der Waals surface area contributed by atoms with Crippen LogP contribution in [0.25, 0.3) is 0 Å². The molecule has 0 spiro atoms. The molecule has 1 aliphatic rings. The van der Waals surface area contributed by atoms with E-state index in [-0.39, 0.29) is 0 Å². The molecule has 2 atom stereocenters. The van der Waals surface area contributed by atoms with Gasteiger partial charge in [-0.1, -0.05) is 6.42 Å². The zero-order chi connectivity index (χ0) is 17.9. The first-order valence-corrected chi connectivity index (χ1v) is 9.55. The highest BCUT2D eigenvalue weighted by Crippen LogP contribution is 2.16. The summed E-state index contributed by atoms with van der Waals surface area (Å²) in [5.74, 6) is 0.766. The van der Waals surface area contributed by atoms with Gasteiger partial charge in [-0.15, -0.1) is 0 Å². The van der Waals surface area contributed by atoms with Crippen LogP contribution in [0.15, 0.2) is 29.5 Å². The summed E-state index contributed by atoms with van der Waals surface area (Å²) in [5.41, 5.74) is 0.841. The van der Waals surface area contributed by atoms with Crippen molar-refractivity contribution in [1.82, 2.24) is 20.5 Å². The molecule has 140 valence electrons. The molecule has 1 aromatic heterocycles. The third-order valence-corrected chi connectivity index (χ3v) is 4.71. The summed E-state index contributed by atoms with van der Waals surface area (Å²) in [7, 11) is 0. The molecule has 25 heavy (non-hydrogen) atoms. The third kappa shape index (κ3) is 7.00. The lowest BCUT2D eigenvalue weighted by molar-refractivity contribution is 0.159. The molecular formula is C19H33N5O. The number of rotatable bonds is 8. The summed E-state index contributed by atoms with van der Waals surface area (Å²) in [6, 6.07) is 4.35. The number of hydrogen-bond acceptors (Lipinski definition) is 4. The van der Waals surface area contributed by atoms with Gasteiger partial charge >= 0.3 is 0 Å². The number of likely N-dealkylation sites (tertiary alicyclic amines) is 1. The first kappa shape index (κ1) is 19.7. The Labute approximate surface area is 151 Å². The zero-order valence-corrected chi connectivity index (χ0v) is 15.6. The number of nitrogens with zero attached hydrogens (tertiary/aromatic N) is 3. The molecule has 0 bridgehead atoms. The van der Waals surface area contributed by atoms with E-state index >= 15 is 0 Å². The minimum atomic E-state index is -0.604. The van der Waals surface area contributed by atoms with E-state index in [4.69, 9.17) is 0 Å². The molecule has 3 N–H and O–H groups in total. The van der Waals surface area contributed by atoms with Crippen molar-refractivity contribution in [2.24, 2.45) is 4.99 Å². The van der Waals surface area contributed by atoms with Gasteiger partial charge in [-0.3, -0.25) is 9.98 Å². The van der Waals surface area contributed by atoms with Gasteiger partial charge < -0.3 is 20.6 Å². The lowest BCUT2D eigenvalue weighted by Crippen LogP contribution is -2.41. The lowest BCUT2D eigenvalue weighted by atomic mass is 10.0. The van der Waals surface area contributed by atoms with Gasteiger partial charge in [-0.2, -0.15) is 0 Å². The van der Waals surface area contributed by atoms with Crippen LogP contribution in [0, 0.1) is 0 Å². The van der Waals surface area contributed by atoms with Gasteiger partial charge in [-0.25, -0.2) is 0 Å². The quantitative estimate of drug-likeness (QED) is 0.381. The van der Waals surface area contributed by atoms with Gasteiger partial charge in [0.25, 0.3) is 0 Å². The fourth-order valence-corrected chi connectivity index (χ4v) is 3.19. The van der Waals surface area contributed by atoms with Crippen LogP contribution in [0.4, 0.5) is 0 Å². The Morgan fingerprint density at radius 1 is 1.36 bits per heavy atom. The minimum Gasteiger partial charge on any atom is -0.386 e. The highest BCUT2D eigenvalue weighted by atomic mass is 16.3. The largest absolute Gasteiger partial charge is 0.386 e. The van der Waals surface area contributed by atoms with Crippen molar-refractivity contribution in [3.05, 3.63) is 30.1 Å². The van der Waals surface area contributed by atoms with Gasteiger partial charge in [0.05, 0.1) is 12.6 Å². The number of hydrogen-bond donors (Lipinski definition) is 3. The van der Waals surface area contributed by atoms with Crippen molar-refractivity contribution in [2.75, 3.05) is 32.7 Å². The number of aliphatic hydroxyl groups is 1. The Kier molecular flexibility index (Phi) is 8.69. The maximum Gasteiger partial charge on any atom is 0.191 e. The first-order chi connectivity index (χ1) is 12.2. The second-order valence-electron chi connectivity index (χ2n) is 6.68. The van der Waals surface area contributed by atoms with Crippen molar-refractivity contribution >= 4 is 5.96 Å². The molecule has 2 unspecified atom stereocenters. The molecule has 0 radical (unpaired) electrons. The first-order valence-electron chi connectivity index (χ1n) is 9.55. The van der Waals surface area contributed by atoms with Crippen LogP contribution >= 0.6 is 0 Å². The van der Waals surface area contributed by atoms with E-state index in [1.54, 1.807) is 12.4 Å². The second-order valence-corrected chi connectivity index (χ2v) is 6.68. The van der Waals surface area contributed by atoms with Crippen molar-refractivity contribution in [3.63, 3.8) is 0 Å². The van der Waals surface area contributed by atoms with Crippen molar-refractivity contribution in [1.29, 1.82) is 0 Å². The number of pyridine rings is 1. The second kappa shape index (κ2) is 11.1. The number of aliphatic hydroxyl groups excluding tert-OH is 1. The predicted octanol–water partition coefficient (Wildman–Crippen LogP) is 1.93. The van der Waals surface area contributed by atoms with Crippen molar-refractivity contribution in [2.45, 2.75) is 51.7 Å². The summed E-state index contributed by atoms with van der Waals surface area (Å²) in [4.78, 5) is 11.1. The van der Waals surface area contributed by atoms with E-state index in [1.807, 2.05) is 19.1 Å². The molecule has 1 aliphatic heterocycles. The van der Waals surface area contributed by atoms with E-state index < -0.39 is 6.10 Å². The summed E-state index contributed by atoms with van der Waals surface area (Å²) in [6.07, 6.45) is 7.89. The minimum absolute atomic E-state index is 0.336. The average molecular weight is 348 g/mol. The predicted molar refractivity (Wildman–Crippen MR) is 103 cm³/mol. The Bertz CT molecular complexity index is 508. The molecular weight excluding hydrogens is 314 g/mol. The highest BCUT2D eigenvalue weighted by Gasteiger charge is 2.17. The highest BCUT2D eigenvalue weighted by molar-refractivity contribution is 5.79. The Balaban J connectivity index is 1.73. The molecule has 2 rings (SSSR count). The summed E-state index contributed by atoms with van der Waals surface area (Å²) in [6.45, 7) is 8.77. The van der Waals surface area contributed by atoms with E-state index in [1.165, 1.54) is 25.8 Å². The number of nitrogens with one attached hydrogen (secondary N) is 2. The molecule has 6 heteroatoms. The number of aliphatic imine (C=N–C) groups is 1. The Morgan fingerprint density at radius 3 is 2.88 bits per heavy atom. The topological polar surface area (TPSA) is 72.8 Å². The standard InChI is InChI=1S/C19H33N5O/c1-3-21-19(23-15-18(25)17-8-11-20-12-9-17)22-10-6-14-24-13-5-4-7-16(24)2/h8-9,11-12,16,18,25H,3-7,10,13-15H2,1-2H3,(H2,21,22,23). The van der Waals surface area contributed by atoms with E-state index in [0.29, 0.717) is 12.6 Å². The summed E-state index contributed by atoms with van der Waals surface area (Å²) in [5, 5.41) is 16.8. The monoisotopic (exact) mass is 347 g/mol. The van der Waals surface area contributed by atoms with Crippen LogP contribution in [0.1, 0.15) is 51.2 Å². The van der Waals surface area contributed by atoms with Gasteiger partial charge in [0, 0.05) is 38.1 Å². The lowest BCUT2D eigenvalue weighted by Gasteiger charge is -2.33. The Hall–Kier alpha value is -1.66. The molecule has 0 aliphatic carbocycles. The third-order valence-electron chi connectivity index (χ3n) is 4.71. The van der Waals surface area contributed by atoms with E-state index in [9.17, 15) is 5.11 Å². The molecule has 1 fully saturated rings. The van der Waals surface area contributed by atoms with Gasteiger partial charge in [-0.05, 0) is 57.4 Å². The van der Waals surface area contributed by atoms with Crippen LogP contribution in [0.5, 0.6) is 0 Å². The van der Waals surface area contributed by atoms with Crippen molar-refractivity contribution in [3.8, 4) is 0 Å². The molecule has 0 aromatic carbocycles. The van der Waals surface area contributed by atoms with Crippen LogP contribution in [-0.2, 0) is 0 Å². The zero-order valence-electron chi connectivity index (χ0n) is 15.6. The van der Waals surface area contributed by atoms with Crippen LogP contribution in [0.3, 0.4) is 0 Å². The molecule has 0 amide bonds. The van der Waals surface area contributed by atoms with Gasteiger partial charge in [0.15, 0.2) is 5.96 Å². The smallest absolute Gasteiger partial charge is 0.191 e. The molecule has 2 heterocycles. The molecule has 1 aromatic rings. The fraction of sp³-hybridized carbons (Fsp3) is 0.684. The number of piperidine rings is 1. The normalized spacial score (nSPS) is 20.3. The van der Waals surface area contributed by atoms with Crippen LogP contribution < -0.4 is 10.6 Å². The fourth-order valence-electron chi connectivity index (χ4n) is 3.19. The molecule has 1 saturated heterocycles. The van der Waals surface area contributed by atoms with E-state index in [0.717, 1.165) is 37.6 Å². The van der Waals surface area contributed by atoms with Gasteiger partial charge in [0.1, 0.15) is 0 Å². The average Bonchev–Trinajstić information content (AvgIpc) is 2.65. The van der Waals surface area contributed by atoms with Gasteiger partial charge in [0.2, 0.25) is 0 Å². The number of guanidine groups is 1. The maximum absolute atomic E-state index is 10.2. The molecule has 0 saturated carbocycles. The maximum atomic E-state index is 10.2. The van der Waals surface area contributed by atoms with E-state index in [2.05, 4.69) is 32.4 Å². The Morgan fingerprint density at radius 2 is 2.16 bits per heavy atom. The molecule has 6 nitrogen and oxygen atoms in total. The van der Waals surface area contributed by atoms with Crippen molar-refractivity contribution < 1.29 is 5.11 Å².